The zero-order valence-electron chi connectivity index (χ0n) is 14.7. The molecule has 3 nitrogen and oxygen atoms in total. The fraction of sp³-hybridized carbons (Fsp3) is 0.684. The highest BCUT2D eigenvalue weighted by molar-refractivity contribution is 7.85. The lowest BCUT2D eigenvalue weighted by Crippen LogP contribution is -2.43. The van der Waals surface area contributed by atoms with Gasteiger partial charge in [0.25, 0.3) is 0 Å². The zero-order chi connectivity index (χ0) is 17.0. The molecule has 23 heavy (non-hydrogen) atoms. The summed E-state index contributed by atoms with van der Waals surface area (Å²) in [5, 5.41) is 8.63. The van der Waals surface area contributed by atoms with Gasteiger partial charge in [-0.2, -0.15) is 5.26 Å². The van der Waals surface area contributed by atoms with Gasteiger partial charge in [-0.25, -0.2) is 0 Å². The number of rotatable bonds is 8. The predicted molar refractivity (Wildman–Crippen MR) is 100 cm³/mol. The molecule has 1 aromatic heterocycles. The van der Waals surface area contributed by atoms with Crippen molar-refractivity contribution in [3.63, 3.8) is 0 Å². The molecule has 2 rings (SSSR count). The second-order valence-electron chi connectivity index (χ2n) is 6.74. The highest BCUT2D eigenvalue weighted by atomic mass is 32.1. The van der Waals surface area contributed by atoms with Gasteiger partial charge >= 0.3 is 0 Å². The van der Waals surface area contributed by atoms with Gasteiger partial charge in [0.1, 0.15) is 11.4 Å². The van der Waals surface area contributed by atoms with Crippen molar-refractivity contribution in [1.82, 2.24) is 4.98 Å². The Bertz CT molecular complexity index is 457. The molecule has 0 bridgehead atoms. The van der Waals surface area contributed by atoms with E-state index in [0.29, 0.717) is 6.04 Å². The number of thiocyanates is 1. The largest absolute Gasteiger partial charge is 0.320 e. The summed E-state index contributed by atoms with van der Waals surface area (Å²) in [6.07, 6.45) is 15.1. The molecule has 2 atom stereocenters. The van der Waals surface area contributed by atoms with Gasteiger partial charge in [-0.1, -0.05) is 51.3 Å². The third-order valence-electron chi connectivity index (χ3n) is 4.99. The molecule has 0 aromatic carbocycles. The maximum atomic E-state index is 7.18. The summed E-state index contributed by atoms with van der Waals surface area (Å²) in [7, 11) is 2.46. The number of nitriles is 1. The maximum Gasteiger partial charge on any atom is 0.130 e. The first kappa shape index (κ1) is 20.0. The molecule has 1 aliphatic heterocycles. The van der Waals surface area contributed by atoms with Crippen LogP contribution < -0.4 is 0 Å². The van der Waals surface area contributed by atoms with Crippen LogP contribution in [-0.2, 0) is 0 Å². The lowest BCUT2D eigenvalue weighted by atomic mass is 10.0. The van der Waals surface area contributed by atoms with Crippen molar-refractivity contribution in [1.29, 1.82) is 5.26 Å². The number of unbranched alkanes of at least 4 members (excludes halogenated alkanes) is 5. The summed E-state index contributed by atoms with van der Waals surface area (Å²) < 4.78 is 1.24. The van der Waals surface area contributed by atoms with Crippen molar-refractivity contribution in [3.05, 3.63) is 30.1 Å². The second-order valence-corrected chi connectivity index (χ2v) is 6.94. The quantitative estimate of drug-likeness (QED) is 0.310. The topological polar surface area (TPSA) is 36.7 Å². The zero-order valence-corrected chi connectivity index (χ0v) is 15.6. The molecular formula is C19H32N3S+. The molecule has 2 heterocycles. The molecule has 4 heteroatoms. The van der Waals surface area contributed by atoms with Crippen molar-refractivity contribution in [2.75, 3.05) is 20.1 Å². The Morgan fingerprint density at radius 1 is 1.30 bits per heavy atom. The minimum absolute atomic E-state index is 0.680. The molecule has 1 saturated heterocycles. The highest BCUT2D eigenvalue weighted by Gasteiger charge is 2.38. The molecule has 0 saturated carbocycles. The van der Waals surface area contributed by atoms with Crippen LogP contribution in [0.2, 0.25) is 0 Å². The lowest BCUT2D eigenvalue weighted by molar-refractivity contribution is -0.927. The van der Waals surface area contributed by atoms with Crippen LogP contribution in [0.3, 0.4) is 0 Å². The average molecular weight is 335 g/mol. The van der Waals surface area contributed by atoms with Crippen LogP contribution in [0.5, 0.6) is 0 Å². The van der Waals surface area contributed by atoms with Crippen LogP contribution in [0.1, 0.15) is 69.9 Å². The predicted octanol–water partition coefficient (Wildman–Crippen LogP) is 5.12. The molecule has 0 radical (unpaired) electrons. The van der Waals surface area contributed by atoms with Crippen LogP contribution in [0.15, 0.2) is 24.5 Å². The average Bonchev–Trinajstić information content (AvgIpc) is 2.94. The minimum Gasteiger partial charge on any atom is -0.320 e. The number of thiol groups is 1. The summed E-state index contributed by atoms with van der Waals surface area (Å²) in [5.74, 6) is 0. The number of nitrogens with zero attached hydrogens (tertiary/aromatic N) is 3. The third-order valence-corrected chi connectivity index (χ3v) is 4.99. The van der Waals surface area contributed by atoms with Crippen molar-refractivity contribution in [2.24, 2.45) is 0 Å². The summed E-state index contributed by atoms with van der Waals surface area (Å²) in [5.41, 5.74) is 1.44. The summed E-state index contributed by atoms with van der Waals surface area (Å²) >= 11 is 3.09. The van der Waals surface area contributed by atoms with Crippen molar-refractivity contribution in [2.45, 2.75) is 64.3 Å². The molecule has 128 valence electrons. The van der Waals surface area contributed by atoms with E-state index in [4.69, 9.17) is 5.26 Å². The molecule has 0 aliphatic carbocycles. The first-order valence-corrected chi connectivity index (χ1v) is 9.40. The van der Waals surface area contributed by atoms with E-state index in [-0.39, 0.29) is 0 Å². The molecule has 0 N–H and O–H groups in total. The van der Waals surface area contributed by atoms with E-state index in [1.165, 1.54) is 79.9 Å². The van der Waals surface area contributed by atoms with Gasteiger partial charge in [-0.3, -0.25) is 4.98 Å². The summed E-state index contributed by atoms with van der Waals surface area (Å²) in [6.45, 7) is 4.97. The Balaban J connectivity index is 0.000000816. The van der Waals surface area contributed by atoms with E-state index >= 15 is 0 Å². The number of aromatic nitrogens is 1. The molecule has 1 fully saturated rings. The summed E-state index contributed by atoms with van der Waals surface area (Å²) in [6, 6.07) is 5.03. The third kappa shape index (κ3) is 6.93. The molecule has 2 unspecified atom stereocenters. The SMILES string of the molecule is CCCCCCCC[N+]1(C)CCCC1c1cccnc1.N#CS. The van der Waals surface area contributed by atoms with Crippen molar-refractivity contribution in [3.8, 4) is 5.40 Å². The van der Waals surface area contributed by atoms with E-state index in [0.717, 1.165) is 0 Å². The van der Waals surface area contributed by atoms with E-state index < -0.39 is 0 Å². The minimum atomic E-state index is 0.680. The second kappa shape index (κ2) is 11.5. The van der Waals surface area contributed by atoms with Crippen molar-refractivity contribution >= 4 is 12.6 Å². The van der Waals surface area contributed by atoms with Crippen LogP contribution in [0.4, 0.5) is 0 Å². The monoisotopic (exact) mass is 334 g/mol. The normalized spacial score (nSPS) is 23.0. The Labute approximate surface area is 147 Å². The van der Waals surface area contributed by atoms with Crippen molar-refractivity contribution < 1.29 is 4.48 Å². The number of hydrogen-bond acceptors (Lipinski definition) is 3. The molecule has 0 spiro atoms. The number of quaternary nitrogens is 1. The first-order valence-electron chi connectivity index (χ1n) is 8.95. The van der Waals surface area contributed by atoms with E-state index in [2.05, 4.69) is 49.9 Å². The number of pyridine rings is 1. The van der Waals surface area contributed by atoms with Gasteiger partial charge in [0.15, 0.2) is 0 Å². The molecule has 1 aliphatic rings. The van der Waals surface area contributed by atoms with Gasteiger partial charge in [0, 0.05) is 30.8 Å². The first-order chi connectivity index (χ1) is 11.2. The molecular weight excluding hydrogens is 302 g/mol. The Kier molecular flexibility index (Phi) is 9.98. The van der Waals surface area contributed by atoms with E-state index in [1.54, 1.807) is 0 Å². The van der Waals surface area contributed by atoms with Gasteiger partial charge in [0.05, 0.1) is 20.1 Å². The van der Waals surface area contributed by atoms with Gasteiger partial charge in [-0.05, 0) is 18.9 Å². The van der Waals surface area contributed by atoms with Crippen LogP contribution >= 0.6 is 12.6 Å². The van der Waals surface area contributed by atoms with Crippen LogP contribution in [0.25, 0.3) is 0 Å². The molecule has 0 amide bonds. The molecule has 1 aromatic rings. The Morgan fingerprint density at radius 2 is 2.00 bits per heavy atom. The smallest absolute Gasteiger partial charge is 0.130 e. The maximum absolute atomic E-state index is 7.18. The Hall–Kier alpha value is -1.05. The highest BCUT2D eigenvalue weighted by Crippen LogP contribution is 2.37. The van der Waals surface area contributed by atoms with Gasteiger partial charge in [0.2, 0.25) is 0 Å². The van der Waals surface area contributed by atoms with Crippen LogP contribution in [-0.4, -0.2) is 29.6 Å². The van der Waals surface area contributed by atoms with E-state index in [1.807, 2.05) is 6.20 Å². The standard InChI is InChI=1S/C18H31N2.CHNS/c1-3-4-5-6-7-8-14-20(2)15-10-12-18(20)17-11-9-13-19-16-17;2-1-3/h9,11,13,16,18H,3-8,10,12,14-15H2,1-2H3;3H/q+1;. The van der Waals surface area contributed by atoms with E-state index in [9.17, 15) is 0 Å². The van der Waals surface area contributed by atoms with Gasteiger partial charge in [-0.15, -0.1) is 0 Å². The lowest BCUT2D eigenvalue weighted by Gasteiger charge is -2.36. The fourth-order valence-corrected chi connectivity index (χ4v) is 3.73. The van der Waals surface area contributed by atoms with Gasteiger partial charge < -0.3 is 4.48 Å². The number of hydrogen-bond donors (Lipinski definition) is 1. The number of likely N-dealkylation sites (tertiary alicyclic amines) is 1. The fourth-order valence-electron chi connectivity index (χ4n) is 3.73. The van der Waals surface area contributed by atoms with Crippen LogP contribution in [0, 0.1) is 10.7 Å². The summed E-state index contributed by atoms with van der Waals surface area (Å²) in [4.78, 5) is 4.32. The Morgan fingerprint density at radius 3 is 2.65 bits per heavy atom.